The number of imidazole rings is 1. The minimum Gasteiger partial charge on any atom is -0.461 e. The molecule has 0 spiro atoms. The van der Waals surface area contributed by atoms with Crippen LogP contribution in [0.1, 0.15) is 54.7 Å². The van der Waals surface area contributed by atoms with Crippen molar-refractivity contribution in [3.8, 4) is 0 Å². The van der Waals surface area contributed by atoms with Gasteiger partial charge in [0.25, 0.3) is 0 Å². The van der Waals surface area contributed by atoms with Gasteiger partial charge in [0.2, 0.25) is 0 Å². The zero-order valence-corrected chi connectivity index (χ0v) is 18.1. The standard InChI is InChI=1S/C25H25F2N3O2/c1-3-16-6-5-11-28-13-20(24(16)19-9-8-18(26)12-21(19)27)17-7-10-23-29-14-22(30(23)15-17)25(31)32-4-2/h7-10,12-15,28H,3-6,11H2,1-2H3. The highest BCUT2D eigenvalue weighted by Crippen LogP contribution is 2.38. The van der Waals surface area contributed by atoms with Crippen molar-refractivity contribution in [2.45, 2.75) is 33.1 Å². The molecule has 1 aliphatic heterocycles. The largest absolute Gasteiger partial charge is 0.461 e. The van der Waals surface area contributed by atoms with Crippen LogP contribution in [0.25, 0.3) is 16.8 Å². The minimum atomic E-state index is -0.613. The molecule has 5 nitrogen and oxygen atoms in total. The summed E-state index contributed by atoms with van der Waals surface area (Å²) >= 11 is 0. The Kier molecular flexibility index (Phi) is 6.35. The van der Waals surface area contributed by atoms with Crippen molar-refractivity contribution in [3.63, 3.8) is 0 Å². The first-order valence-electron chi connectivity index (χ1n) is 10.8. The molecule has 1 aromatic carbocycles. The number of fused-ring (bicyclic) bond motifs is 1. The number of nitrogens with zero attached hydrogens (tertiary/aromatic N) is 2. The van der Waals surface area contributed by atoms with E-state index in [0.717, 1.165) is 54.2 Å². The summed E-state index contributed by atoms with van der Waals surface area (Å²) in [5.41, 5.74) is 4.67. The molecule has 0 saturated carbocycles. The first-order valence-corrected chi connectivity index (χ1v) is 10.8. The topological polar surface area (TPSA) is 55.6 Å². The van der Waals surface area contributed by atoms with Crippen LogP contribution in [-0.2, 0) is 4.74 Å². The fraction of sp³-hybridized carbons (Fsp3) is 0.280. The third kappa shape index (κ3) is 4.15. The first kappa shape index (κ1) is 21.7. The molecule has 0 atom stereocenters. The maximum absolute atomic E-state index is 14.9. The van der Waals surface area contributed by atoms with Gasteiger partial charge in [-0.1, -0.05) is 12.5 Å². The van der Waals surface area contributed by atoms with Crippen LogP contribution in [0, 0.1) is 11.6 Å². The minimum absolute atomic E-state index is 0.261. The van der Waals surface area contributed by atoms with E-state index < -0.39 is 17.6 Å². The SMILES string of the molecule is CCOC(=O)c1cnc2ccc(C3=CNCCCC(CC)=C3c3ccc(F)cc3F)cn12. The highest BCUT2D eigenvalue weighted by Gasteiger charge is 2.21. The highest BCUT2D eigenvalue weighted by atomic mass is 19.1. The lowest BCUT2D eigenvalue weighted by atomic mass is 9.86. The number of esters is 1. The van der Waals surface area contributed by atoms with Gasteiger partial charge < -0.3 is 10.1 Å². The van der Waals surface area contributed by atoms with Crippen LogP contribution in [0.2, 0.25) is 0 Å². The van der Waals surface area contributed by atoms with E-state index in [-0.39, 0.29) is 6.61 Å². The van der Waals surface area contributed by atoms with Gasteiger partial charge in [-0.15, -0.1) is 0 Å². The number of halogens is 2. The van der Waals surface area contributed by atoms with Crippen molar-refractivity contribution in [2.75, 3.05) is 13.2 Å². The van der Waals surface area contributed by atoms with E-state index in [1.807, 2.05) is 25.3 Å². The summed E-state index contributed by atoms with van der Waals surface area (Å²) in [7, 11) is 0. The lowest BCUT2D eigenvalue weighted by Gasteiger charge is -2.22. The van der Waals surface area contributed by atoms with E-state index in [0.29, 0.717) is 16.9 Å². The maximum Gasteiger partial charge on any atom is 0.356 e. The van der Waals surface area contributed by atoms with Crippen LogP contribution in [0.15, 0.2) is 54.5 Å². The number of aromatic nitrogens is 2. The molecule has 0 saturated heterocycles. The third-order valence-electron chi connectivity index (χ3n) is 5.60. The summed E-state index contributed by atoms with van der Waals surface area (Å²) in [5.74, 6) is -1.68. The number of carbonyl (C=O) groups is 1. The summed E-state index contributed by atoms with van der Waals surface area (Å²) in [6.45, 7) is 4.84. The van der Waals surface area contributed by atoms with Gasteiger partial charge in [-0.3, -0.25) is 4.40 Å². The van der Waals surface area contributed by atoms with Crippen LogP contribution in [0.5, 0.6) is 0 Å². The number of allylic oxidation sites excluding steroid dienone is 3. The van der Waals surface area contributed by atoms with E-state index in [2.05, 4.69) is 10.3 Å². The molecule has 1 aliphatic rings. The molecule has 1 N–H and O–H groups in total. The quantitative estimate of drug-likeness (QED) is 0.545. The molecule has 0 bridgehead atoms. The molecule has 2 aromatic heterocycles. The Hall–Kier alpha value is -3.48. The summed E-state index contributed by atoms with van der Waals surface area (Å²) in [5, 5.41) is 3.30. The Morgan fingerprint density at radius 2 is 2.06 bits per heavy atom. The molecule has 0 amide bonds. The summed E-state index contributed by atoms with van der Waals surface area (Å²) in [4.78, 5) is 16.7. The van der Waals surface area contributed by atoms with Gasteiger partial charge in [0.1, 0.15) is 17.3 Å². The number of pyridine rings is 1. The second-order valence-corrected chi connectivity index (χ2v) is 7.58. The zero-order valence-electron chi connectivity index (χ0n) is 18.1. The zero-order chi connectivity index (χ0) is 22.7. The van der Waals surface area contributed by atoms with Gasteiger partial charge in [0.05, 0.1) is 12.8 Å². The number of ether oxygens (including phenoxy) is 1. The molecule has 3 heterocycles. The Bertz CT molecular complexity index is 1230. The second kappa shape index (κ2) is 9.34. The van der Waals surface area contributed by atoms with Gasteiger partial charge >= 0.3 is 5.97 Å². The number of hydrogen-bond donors (Lipinski definition) is 1. The molecule has 4 rings (SSSR count). The van der Waals surface area contributed by atoms with E-state index in [4.69, 9.17) is 4.74 Å². The van der Waals surface area contributed by atoms with E-state index in [1.54, 1.807) is 17.5 Å². The first-order chi connectivity index (χ1) is 15.5. The smallest absolute Gasteiger partial charge is 0.356 e. The van der Waals surface area contributed by atoms with Gasteiger partial charge in [-0.05, 0) is 56.0 Å². The molecule has 166 valence electrons. The summed E-state index contributed by atoms with van der Waals surface area (Å²) < 4.78 is 35.4. The summed E-state index contributed by atoms with van der Waals surface area (Å²) in [6, 6.07) is 7.38. The van der Waals surface area contributed by atoms with Crippen molar-refractivity contribution in [1.29, 1.82) is 0 Å². The number of benzene rings is 1. The van der Waals surface area contributed by atoms with Gasteiger partial charge in [0.15, 0.2) is 5.69 Å². The second-order valence-electron chi connectivity index (χ2n) is 7.58. The number of rotatable bonds is 5. The van der Waals surface area contributed by atoms with Gasteiger partial charge in [0, 0.05) is 41.7 Å². The van der Waals surface area contributed by atoms with Crippen molar-refractivity contribution >= 4 is 22.8 Å². The maximum atomic E-state index is 14.9. The average molecular weight is 437 g/mol. The third-order valence-corrected chi connectivity index (χ3v) is 5.60. The van der Waals surface area contributed by atoms with Crippen LogP contribution in [0.3, 0.4) is 0 Å². The Morgan fingerprint density at radius 1 is 1.22 bits per heavy atom. The Morgan fingerprint density at radius 3 is 2.81 bits per heavy atom. The molecule has 0 aliphatic carbocycles. The number of hydrogen-bond acceptors (Lipinski definition) is 4. The Balaban J connectivity index is 1.91. The van der Waals surface area contributed by atoms with E-state index in [1.165, 1.54) is 18.3 Å². The number of nitrogens with one attached hydrogen (secondary N) is 1. The van der Waals surface area contributed by atoms with Crippen molar-refractivity contribution in [3.05, 3.63) is 83.0 Å². The Labute approximate surface area is 185 Å². The van der Waals surface area contributed by atoms with Crippen molar-refractivity contribution < 1.29 is 18.3 Å². The molecule has 0 fully saturated rings. The van der Waals surface area contributed by atoms with E-state index in [9.17, 15) is 13.6 Å². The highest BCUT2D eigenvalue weighted by molar-refractivity contribution is 6.06. The molecular formula is C25H25F2N3O2. The van der Waals surface area contributed by atoms with Crippen LogP contribution in [-0.4, -0.2) is 28.5 Å². The molecule has 7 heteroatoms. The monoisotopic (exact) mass is 437 g/mol. The van der Waals surface area contributed by atoms with Crippen molar-refractivity contribution in [1.82, 2.24) is 14.7 Å². The molecule has 3 aromatic rings. The normalized spacial score (nSPS) is 14.6. The molecule has 32 heavy (non-hydrogen) atoms. The van der Waals surface area contributed by atoms with Crippen LogP contribution < -0.4 is 5.32 Å². The molecule has 0 unspecified atom stereocenters. The fourth-order valence-electron chi connectivity index (χ4n) is 4.07. The van der Waals surface area contributed by atoms with Crippen molar-refractivity contribution in [2.24, 2.45) is 0 Å². The summed E-state index contributed by atoms with van der Waals surface area (Å²) in [6.07, 6.45) is 7.61. The van der Waals surface area contributed by atoms with Gasteiger partial charge in [-0.2, -0.15) is 0 Å². The molecular weight excluding hydrogens is 412 g/mol. The fourth-order valence-corrected chi connectivity index (χ4v) is 4.07. The van der Waals surface area contributed by atoms with Crippen LogP contribution >= 0.6 is 0 Å². The lowest BCUT2D eigenvalue weighted by molar-refractivity contribution is 0.0518. The average Bonchev–Trinajstić information content (AvgIpc) is 3.18. The lowest BCUT2D eigenvalue weighted by Crippen LogP contribution is -2.13. The van der Waals surface area contributed by atoms with E-state index >= 15 is 0 Å². The predicted octanol–water partition coefficient (Wildman–Crippen LogP) is 5.38. The number of carbonyl (C=O) groups excluding carboxylic acids is 1. The van der Waals surface area contributed by atoms with Crippen LogP contribution in [0.4, 0.5) is 8.78 Å². The van der Waals surface area contributed by atoms with Gasteiger partial charge in [-0.25, -0.2) is 18.6 Å². The molecule has 0 radical (unpaired) electrons. The predicted molar refractivity (Wildman–Crippen MR) is 120 cm³/mol.